The summed E-state index contributed by atoms with van der Waals surface area (Å²) >= 11 is 5.12. The molecule has 27 heavy (non-hydrogen) atoms. The van der Waals surface area contributed by atoms with E-state index in [-0.39, 0.29) is 17.2 Å². The van der Waals surface area contributed by atoms with Crippen molar-refractivity contribution in [3.05, 3.63) is 65.2 Å². The second-order valence-corrected chi connectivity index (χ2v) is 5.96. The van der Waals surface area contributed by atoms with E-state index in [4.69, 9.17) is 17.0 Å². The van der Waals surface area contributed by atoms with Gasteiger partial charge in [-0.05, 0) is 48.6 Å². The molecule has 0 atom stereocenters. The summed E-state index contributed by atoms with van der Waals surface area (Å²) in [5, 5.41) is 3.58. The smallest absolute Gasteiger partial charge is 0.261 e. The standard InChI is InChI=1S/C18H17N5O3S/c1-26-13-8-6-12(7-9-13)20-18(27)22-21-16(24)10-23-11-19-15-5-3-2-4-14(15)17(23)25/h2-9,11H,10H2,1H3,(H,21,24)(H2,20,22,27). The summed E-state index contributed by atoms with van der Waals surface area (Å²) in [7, 11) is 1.58. The Morgan fingerprint density at radius 1 is 1.15 bits per heavy atom. The van der Waals surface area contributed by atoms with Crippen LogP contribution in [0.2, 0.25) is 0 Å². The van der Waals surface area contributed by atoms with Crippen LogP contribution in [0.1, 0.15) is 0 Å². The molecule has 1 amide bonds. The number of carbonyl (C=O) groups excluding carboxylic acids is 1. The number of amides is 1. The maximum Gasteiger partial charge on any atom is 0.261 e. The Hall–Kier alpha value is -3.46. The quantitative estimate of drug-likeness (QED) is 0.463. The zero-order valence-corrected chi connectivity index (χ0v) is 15.2. The molecule has 1 heterocycles. The first-order valence-electron chi connectivity index (χ1n) is 8.01. The van der Waals surface area contributed by atoms with Crippen molar-refractivity contribution in [2.24, 2.45) is 0 Å². The van der Waals surface area contributed by atoms with Crippen molar-refractivity contribution in [1.29, 1.82) is 0 Å². The zero-order chi connectivity index (χ0) is 19.2. The van der Waals surface area contributed by atoms with E-state index in [0.29, 0.717) is 10.9 Å². The highest BCUT2D eigenvalue weighted by molar-refractivity contribution is 7.80. The third kappa shape index (κ3) is 4.59. The number of methoxy groups -OCH3 is 1. The van der Waals surface area contributed by atoms with E-state index in [9.17, 15) is 9.59 Å². The van der Waals surface area contributed by atoms with E-state index in [1.165, 1.54) is 10.9 Å². The molecule has 0 fully saturated rings. The molecule has 0 aliphatic rings. The minimum atomic E-state index is -0.437. The first-order chi connectivity index (χ1) is 13.1. The van der Waals surface area contributed by atoms with Crippen LogP contribution in [0.4, 0.5) is 5.69 Å². The predicted molar refractivity (Wildman–Crippen MR) is 106 cm³/mol. The van der Waals surface area contributed by atoms with E-state index in [2.05, 4.69) is 21.2 Å². The molecule has 3 aromatic rings. The zero-order valence-electron chi connectivity index (χ0n) is 14.4. The number of fused-ring (bicyclic) bond motifs is 1. The van der Waals surface area contributed by atoms with Gasteiger partial charge in [-0.15, -0.1) is 0 Å². The minimum absolute atomic E-state index is 0.186. The fourth-order valence-corrected chi connectivity index (χ4v) is 2.55. The molecule has 0 aliphatic carbocycles. The van der Waals surface area contributed by atoms with Gasteiger partial charge in [0.05, 0.1) is 24.3 Å². The molecule has 0 unspecified atom stereocenters. The Bertz CT molecular complexity index is 1030. The van der Waals surface area contributed by atoms with Crippen LogP contribution in [-0.4, -0.2) is 27.7 Å². The number of hydrogen-bond donors (Lipinski definition) is 3. The number of anilines is 1. The van der Waals surface area contributed by atoms with Crippen LogP contribution in [-0.2, 0) is 11.3 Å². The minimum Gasteiger partial charge on any atom is -0.497 e. The maximum atomic E-state index is 12.4. The van der Waals surface area contributed by atoms with Crippen molar-refractivity contribution in [1.82, 2.24) is 20.4 Å². The lowest BCUT2D eigenvalue weighted by molar-refractivity contribution is -0.122. The van der Waals surface area contributed by atoms with Crippen LogP contribution >= 0.6 is 12.2 Å². The molecule has 9 heteroatoms. The second-order valence-electron chi connectivity index (χ2n) is 5.55. The van der Waals surface area contributed by atoms with Gasteiger partial charge >= 0.3 is 0 Å². The van der Waals surface area contributed by atoms with Crippen LogP contribution in [0.25, 0.3) is 10.9 Å². The van der Waals surface area contributed by atoms with Crippen LogP contribution in [0, 0.1) is 0 Å². The number of hydrazine groups is 1. The summed E-state index contributed by atoms with van der Waals surface area (Å²) in [5.41, 5.74) is 6.07. The average Bonchev–Trinajstić information content (AvgIpc) is 2.69. The summed E-state index contributed by atoms with van der Waals surface area (Å²) in [6.07, 6.45) is 1.35. The number of ether oxygens (including phenoxy) is 1. The van der Waals surface area contributed by atoms with Gasteiger partial charge in [-0.1, -0.05) is 12.1 Å². The van der Waals surface area contributed by atoms with Gasteiger partial charge in [0.1, 0.15) is 12.3 Å². The third-order valence-electron chi connectivity index (χ3n) is 3.71. The molecule has 3 rings (SSSR count). The van der Waals surface area contributed by atoms with Gasteiger partial charge < -0.3 is 10.1 Å². The number of nitrogens with zero attached hydrogens (tertiary/aromatic N) is 2. The molecular formula is C18H17N5O3S. The Labute approximate surface area is 160 Å². The van der Waals surface area contributed by atoms with Crippen molar-refractivity contribution in [3.8, 4) is 5.75 Å². The van der Waals surface area contributed by atoms with E-state index >= 15 is 0 Å². The van der Waals surface area contributed by atoms with Gasteiger partial charge in [0.2, 0.25) is 0 Å². The van der Waals surface area contributed by atoms with E-state index < -0.39 is 5.91 Å². The van der Waals surface area contributed by atoms with E-state index in [0.717, 1.165) is 11.4 Å². The molecule has 2 aromatic carbocycles. The van der Waals surface area contributed by atoms with Crippen molar-refractivity contribution >= 4 is 39.8 Å². The fraction of sp³-hybridized carbons (Fsp3) is 0.111. The lowest BCUT2D eigenvalue weighted by Gasteiger charge is -2.12. The topological polar surface area (TPSA) is 97.3 Å². The van der Waals surface area contributed by atoms with Crippen LogP contribution in [0.3, 0.4) is 0 Å². The summed E-state index contributed by atoms with van der Waals surface area (Å²) in [5.74, 6) is 0.287. The number of nitrogens with one attached hydrogen (secondary N) is 3. The fourth-order valence-electron chi connectivity index (χ4n) is 2.38. The molecule has 8 nitrogen and oxygen atoms in total. The number of para-hydroxylation sites is 1. The van der Waals surface area contributed by atoms with Gasteiger partial charge in [-0.3, -0.25) is 25.0 Å². The molecule has 0 saturated heterocycles. The van der Waals surface area contributed by atoms with Gasteiger partial charge in [-0.25, -0.2) is 4.98 Å². The normalized spacial score (nSPS) is 10.3. The lowest BCUT2D eigenvalue weighted by Crippen LogP contribution is -2.45. The largest absolute Gasteiger partial charge is 0.497 e. The van der Waals surface area contributed by atoms with E-state index in [1.807, 2.05) is 0 Å². The van der Waals surface area contributed by atoms with Gasteiger partial charge in [0, 0.05) is 5.69 Å². The predicted octanol–water partition coefficient (Wildman–Crippen LogP) is 1.42. The Kier molecular flexibility index (Phi) is 5.62. The van der Waals surface area contributed by atoms with Gasteiger partial charge in [-0.2, -0.15) is 0 Å². The second kappa shape index (κ2) is 8.28. The number of thiocarbonyl (C=S) groups is 1. The van der Waals surface area contributed by atoms with Gasteiger partial charge in [0.15, 0.2) is 5.11 Å². The summed E-state index contributed by atoms with van der Waals surface area (Å²) in [6.45, 7) is -0.186. The van der Waals surface area contributed by atoms with Crippen molar-refractivity contribution < 1.29 is 9.53 Å². The first-order valence-corrected chi connectivity index (χ1v) is 8.42. The van der Waals surface area contributed by atoms with E-state index in [1.54, 1.807) is 55.6 Å². The van der Waals surface area contributed by atoms with Crippen molar-refractivity contribution in [2.45, 2.75) is 6.54 Å². The molecule has 3 N–H and O–H groups in total. The lowest BCUT2D eigenvalue weighted by atomic mass is 10.2. The number of hydrogen-bond acceptors (Lipinski definition) is 5. The Balaban J connectivity index is 1.55. The summed E-state index contributed by atoms with van der Waals surface area (Å²) in [6, 6.07) is 14.1. The molecule has 0 radical (unpaired) electrons. The molecule has 0 aliphatic heterocycles. The Morgan fingerprint density at radius 2 is 1.89 bits per heavy atom. The summed E-state index contributed by atoms with van der Waals surface area (Å²) < 4.78 is 6.32. The number of rotatable bonds is 4. The van der Waals surface area contributed by atoms with Crippen LogP contribution in [0.15, 0.2) is 59.7 Å². The summed E-state index contributed by atoms with van der Waals surface area (Å²) in [4.78, 5) is 28.6. The first kappa shape index (κ1) is 18.3. The molecule has 138 valence electrons. The highest BCUT2D eigenvalue weighted by atomic mass is 32.1. The highest BCUT2D eigenvalue weighted by Crippen LogP contribution is 2.14. The molecule has 0 spiro atoms. The highest BCUT2D eigenvalue weighted by Gasteiger charge is 2.08. The van der Waals surface area contributed by atoms with Crippen molar-refractivity contribution in [3.63, 3.8) is 0 Å². The number of benzene rings is 2. The number of carbonyl (C=O) groups is 1. The molecule has 0 saturated carbocycles. The SMILES string of the molecule is COc1ccc(NC(=S)NNC(=O)Cn2cnc3ccccc3c2=O)cc1. The Morgan fingerprint density at radius 3 is 2.63 bits per heavy atom. The molecule has 0 bridgehead atoms. The molecule has 1 aromatic heterocycles. The maximum absolute atomic E-state index is 12.4. The van der Waals surface area contributed by atoms with Crippen LogP contribution < -0.4 is 26.5 Å². The average molecular weight is 383 g/mol. The third-order valence-corrected chi connectivity index (χ3v) is 3.91. The van der Waals surface area contributed by atoms with Crippen molar-refractivity contribution in [2.75, 3.05) is 12.4 Å². The van der Waals surface area contributed by atoms with Crippen LogP contribution in [0.5, 0.6) is 5.75 Å². The van der Waals surface area contributed by atoms with Gasteiger partial charge in [0.25, 0.3) is 11.5 Å². The molecular weight excluding hydrogens is 366 g/mol. The monoisotopic (exact) mass is 383 g/mol. The number of aromatic nitrogens is 2.